The first kappa shape index (κ1) is 16.7. The molecule has 1 atom stereocenters. The van der Waals surface area contributed by atoms with Gasteiger partial charge in [-0.3, -0.25) is 9.59 Å². The number of nitrogens with one attached hydrogen (secondary N) is 1. The Kier molecular flexibility index (Phi) is 5.13. The molecule has 0 aliphatic rings. The molecule has 5 heteroatoms. The Balaban J connectivity index is 2.22. The predicted molar refractivity (Wildman–Crippen MR) is 88.1 cm³/mol. The molecular weight excluding hydrogens is 292 g/mol. The highest BCUT2D eigenvalue weighted by molar-refractivity contribution is 5.97. The van der Waals surface area contributed by atoms with Crippen LogP contribution in [0.4, 0.5) is 0 Å². The Bertz CT molecular complexity index is 683. The van der Waals surface area contributed by atoms with Gasteiger partial charge in [-0.05, 0) is 36.8 Å². The van der Waals surface area contributed by atoms with Gasteiger partial charge in [-0.1, -0.05) is 30.3 Å². The van der Waals surface area contributed by atoms with E-state index in [1.54, 1.807) is 19.2 Å². The molecule has 120 valence electrons. The van der Waals surface area contributed by atoms with Crippen LogP contribution >= 0.6 is 0 Å². The molecule has 5 nitrogen and oxygen atoms in total. The van der Waals surface area contributed by atoms with E-state index >= 15 is 0 Å². The topological polar surface area (TPSA) is 81.4 Å². The predicted octanol–water partition coefficient (Wildman–Crippen LogP) is 2.08. The van der Waals surface area contributed by atoms with E-state index in [4.69, 9.17) is 10.5 Å². The van der Waals surface area contributed by atoms with Gasteiger partial charge in [0.1, 0.15) is 0 Å². The summed E-state index contributed by atoms with van der Waals surface area (Å²) in [6.45, 7) is 2.24. The van der Waals surface area contributed by atoms with Crippen molar-refractivity contribution in [1.82, 2.24) is 5.32 Å². The SMILES string of the molecule is COCC(C)(NC(=O)c1ccc(C(N)=O)cc1)c1ccccc1. The van der Waals surface area contributed by atoms with Gasteiger partial charge >= 0.3 is 0 Å². The highest BCUT2D eigenvalue weighted by atomic mass is 16.5. The van der Waals surface area contributed by atoms with Crippen LogP contribution in [-0.4, -0.2) is 25.5 Å². The van der Waals surface area contributed by atoms with Crippen molar-refractivity contribution in [1.29, 1.82) is 0 Å². The Hall–Kier alpha value is -2.66. The Morgan fingerprint density at radius 1 is 1.04 bits per heavy atom. The molecule has 1 unspecified atom stereocenters. The number of rotatable bonds is 6. The van der Waals surface area contributed by atoms with Crippen molar-refractivity contribution >= 4 is 11.8 Å². The largest absolute Gasteiger partial charge is 0.382 e. The summed E-state index contributed by atoms with van der Waals surface area (Å²) in [7, 11) is 1.59. The monoisotopic (exact) mass is 312 g/mol. The van der Waals surface area contributed by atoms with Gasteiger partial charge in [0.2, 0.25) is 5.91 Å². The molecule has 2 rings (SSSR count). The quantitative estimate of drug-likeness (QED) is 0.857. The number of benzene rings is 2. The van der Waals surface area contributed by atoms with E-state index in [1.807, 2.05) is 37.3 Å². The van der Waals surface area contributed by atoms with Crippen LogP contribution in [0.15, 0.2) is 54.6 Å². The third-order valence-electron chi connectivity index (χ3n) is 3.66. The highest BCUT2D eigenvalue weighted by Gasteiger charge is 2.29. The molecule has 0 spiro atoms. The van der Waals surface area contributed by atoms with Crippen molar-refractivity contribution < 1.29 is 14.3 Å². The van der Waals surface area contributed by atoms with E-state index in [0.717, 1.165) is 5.56 Å². The van der Waals surface area contributed by atoms with Crippen LogP contribution in [0.25, 0.3) is 0 Å². The summed E-state index contributed by atoms with van der Waals surface area (Å²) in [5.41, 5.74) is 6.31. The lowest BCUT2D eigenvalue weighted by Crippen LogP contribution is -2.46. The van der Waals surface area contributed by atoms with Gasteiger partial charge in [-0.15, -0.1) is 0 Å². The maximum atomic E-state index is 12.5. The first-order valence-electron chi connectivity index (χ1n) is 7.23. The maximum Gasteiger partial charge on any atom is 0.252 e. The normalized spacial score (nSPS) is 13.1. The molecule has 0 aromatic heterocycles. The molecule has 0 saturated carbocycles. The van der Waals surface area contributed by atoms with E-state index in [2.05, 4.69) is 5.32 Å². The molecule has 2 aromatic carbocycles. The second-order valence-electron chi connectivity index (χ2n) is 5.53. The van der Waals surface area contributed by atoms with E-state index in [0.29, 0.717) is 17.7 Å². The molecule has 2 amide bonds. The van der Waals surface area contributed by atoms with E-state index in [9.17, 15) is 9.59 Å². The number of methoxy groups -OCH3 is 1. The molecule has 0 radical (unpaired) electrons. The fourth-order valence-electron chi connectivity index (χ4n) is 2.39. The summed E-state index contributed by atoms with van der Waals surface area (Å²) >= 11 is 0. The van der Waals surface area contributed by atoms with Gasteiger partial charge < -0.3 is 15.8 Å². The number of hydrogen-bond acceptors (Lipinski definition) is 3. The van der Waals surface area contributed by atoms with E-state index in [-0.39, 0.29) is 5.91 Å². The molecule has 3 N–H and O–H groups in total. The van der Waals surface area contributed by atoms with Crippen molar-refractivity contribution in [3.63, 3.8) is 0 Å². The fraction of sp³-hybridized carbons (Fsp3) is 0.222. The van der Waals surface area contributed by atoms with E-state index in [1.165, 1.54) is 12.1 Å². The number of hydrogen-bond donors (Lipinski definition) is 2. The fourth-order valence-corrected chi connectivity index (χ4v) is 2.39. The maximum absolute atomic E-state index is 12.5. The van der Waals surface area contributed by atoms with Crippen molar-refractivity contribution in [2.45, 2.75) is 12.5 Å². The summed E-state index contributed by atoms with van der Waals surface area (Å²) in [6, 6.07) is 15.8. The van der Waals surface area contributed by atoms with Crippen LogP contribution in [0.5, 0.6) is 0 Å². The minimum atomic E-state index is -0.657. The second kappa shape index (κ2) is 7.07. The van der Waals surface area contributed by atoms with Crippen LogP contribution in [-0.2, 0) is 10.3 Å². The number of ether oxygens (including phenoxy) is 1. The molecule has 0 saturated heterocycles. The van der Waals surface area contributed by atoms with Crippen LogP contribution in [0.2, 0.25) is 0 Å². The van der Waals surface area contributed by atoms with Crippen molar-refractivity contribution in [2.24, 2.45) is 5.73 Å². The molecule has 23 heavy (non-hydrogen) atoms. The van der Waals surface area contributed by atoms with Crippen LogP contribution in [0.1, 0.15) is 33.2 Å². The van der Waals surface area contributed by atoms with Gasteiger partial charge in [0.05, 0.1) is 12.1 Å². The minimum Gasteiger partial charge on any atom is -0.382 e. The van der Waals surface area contributed by atoms with Crippen LogP contribution in [0, 0.1) is 0 Å². The number of carbonyl (C=O) groups excluding carboxylic acids is 2. The average Bonchev–Trinajstić information content (AvgIpc) is 2.56. The third-order valence-corrected chi connectivity index (χ3v) is 3.66. The second-order valence-corrected chi connectivity index (χ2v) is 5.53. The van der Waals surface area contributed by atoms with Crippen LogP contribution in [0.3, 0.4) is 0 Å². The van der Waals surface area contributed by atoms with Crippen LogP contribution < -0.4 is 11.1 Å². The Morgan fingerprint density at radius 3 is 2.13 bits per heavy atom. The first-order chi connectivity index (χ1) is 11.0. The summed E-state index contributed by atoms with van der Waals surface area (Å²) < 4.78 is 5.27. The van der Waals surface area contributed by atoms with Crippen molar-refractivity contribution in [3.05, 3.63) is 71.3 Å². The zero-order valence-corrected chi connectivity index (χ0v) is 13.2. The van der Waals surface area contributed by atoms with Gasteiger partial charge in [0.15, 0.2) is 0 Å². The molecule has 0 fully saturated rings. The Labute approximate surface area is 135 Å². The zero-order chi connectivity index (χ0) is 16.9. The zero-order valence-electron chi connectivity index (χ0n) is 13.2. The number of amides is 2. The van der Waals surface area contributed by atoms with Gasteiger partial charge in [0.25, 0.3) is 5.91 Å². The number of carbonyl (C=O) groups is 2. The van der Waals surface area contributed by atoms with Crippen molar-refractivity contribution in [2.75, 3.05) is 13.7 Å². The third kappa shape index (κ3) is 3.96. The van der Waals surface area contributed by atoms with Gasteiger partial charge in [0, 0.05) is 18.2 Å². The summed E-state index contributed by atoms with van der Waals surface area (Å²) in [5, 5.41) is 3.00. The highest BCUT2D eigenvalue weighted by Crippen LogP contribution is 2.21. The number of nitrogens with two attached hydrogens (primary N) is 1. The summed E-state index contributed by atoms with van der Waals surface area (Å²) in [4.78, 5) is 23.6. The molecule has 0 heterocycles. The minimum absolute atomic E-state index is 0.246. The number of primary amides is 1. The van der Waals surface area contributed by atoms with Gasteiger partial charge in [-0.2, -0.15) is 0 Å². The molecule has 2 aromatic rings. The average molecular weight is 312 g/mol. The summed E-state index contributed by atoms with van der Waals surface area (Å²) in [6.07, 6.45) is 0. The molecule has 0 aliphatic carbocycles. The van der Waals surface area contributed by atoms with Crippen molar-refractivity contribution in [3.8, 4) is 0 Å². The lowest BCUT2D eigenvalue weighted by atomic mass is 9.92. The molecular formula is C18H20N2O3. The first-order valence-corrected chi connectivity index (χ1v) is 7.23. The van der Waals surface area contributed by atoms with Gasteiger partial charge in [-0.25, -0.2) is 0 Å². The standard InChI is InChI=1S/C18H20N2O3/c1-18(12-23-2,15-6-4-3-5-7-15)20-17(22)14-10-8-13(9-11-14)16(19)21/h3-11H,12H2,1-2H3,(H2,19,21)(H,20,22). The lowest BCUT2D eigenvalue weighted by Gasteiger charge is -2.30. The molecule has 0 bridgehead atoms. The lowest BCUT2D eigenvalue weighted by molar-refractivity contribution is 0.0785. The van der Waals surface area contributed by atoms with E-state index < -0.39 is 11.4 Å². The molecule has 0 aliphatic heterocycles. The Morgan fingerprint density at radius 2 is 1.61 bits per heavy atom. The smallest absolute Gasteiger partial charge is 0.252 e. The summed E-state index contributed by atoms with van der Waals surface area (Å²) in [5.74, 6) is -0.769.